The number of allylic oxidation sites excluding steroid dienone is 2. The fraction of sp³-hybridized carbons (Fsp3) is 0.150. The molecule has 1 fully saturated rings. The predicted octanol–water partition coefficient (Wildman–Crippen LogP) is 4.25. The molecule has 2 aliphatic rings. The van der Waals surface area contributed by atoms with E-state index >= 15 is 0 Å². The number of anilines is 1. The molecular formula is C20H16ClNO2. The van der Waals surface area contributed by atoms with Gasteiger partial charge in [0.15, 0.2) is 6.10 Å². The van der Waals surface area contributed by atoms with Crippen molar-refractivity contribution >= 4 is 23.2 Å². The van der Waals surface area contributed by atoms with Crippen molar-refractivity contribution in [1.82, 2.24) is 0 Å². The van der Waals surface area contributed by atoms with E-state index in [0.717, 1.165) is 5.69 Å². The molecule has 4 heteroatoms. The molecule has 1 aliphatic heterocycles. The van der Waals surface area contributed by atoms with E-state index < -0.39 is 6.10 Å². The number of hydrogen-bond donors (Lipinski definition) is 0. The summed E-state index contributed by atoms with van der Waals surface area (Å²) in [6, 6.07) is 16.7. The van der Waals surface area contributed by atoms with Crippen molar-refractivity contribution in [3.8, 4) is 5.75 Å². The Balaban J connectivity index is 1.63. The number of hydrogen-bond acceptors (Lipinski definition) is 2. The quantitative estimate of drug-likeness (QED) is 0.781. The van der Waals surface area contributed by atoms with Gasteiger partial charge in [0, 0.05) is 16.6 Å². The Morgan fingerprint density at radius 2 is 1.58 bits per heavy atom. The summed E-state index contributed by atoms with van der Waals surface area (Å²) >= 11 is 5.96. The second kappa shape index (κ2) is 6.17. The van der Waals surface area contributed by atoms with Crippen molar-refractivity contribution in [3.63, 3.8) is 0 Å². The number of carbonyl (C=O) groups is 1. The molecule has 1 heterocycles. The molecule has 120 valence electrons. The molecule has 24 heavy (non-hydrogen) atoms. The minimum Gasteiger partial charge on any atom is -0.478 e. The van der Waals surface area contributed by atoms with Crippen LogP contribution >= 0.6 is 11.6 Å². The number of benzene rings is 2. The van der Waals surface area contributed by atoms with E-state index in [0.29, 0.717) is 10.8 Å². The maximum Gasteiger partial charge on any atom is 0.270 e. The third kappa shape index (κ3) is 2.61. The van der Waals surface area contributed by atoms with Crippen LogP contribution in [0.2, 0.25) is 5.02 Å². The van der Waals surface area contributed by atoms with Gasteiger partial charge in [-0.25, -0.2) is 0 Å². The summed E-state index contributed by atoms with van der Waals surface area (Å²) in [6.07, 6.45) is 7.73. The van der Waals surface area contributed by atoms with Gasteiger partial charge in [0.05, 0.1) is 6.04 Å². The van der Waals surface area contributed by atoms with Gasteiger partial charge in [0.1, 0.15) is 5.75 Å². The molecule has 2 aromatic rings. The van der Waals surface area contributed by atoms with Crippen LogP contribution in [0, 0.1) is 5.92 Å². The zero-order chi connectivity index (χ0) is 16.5. The molecule has 3 nitrogen and oxygen atoms in total. The average molecular weight is 338 g/mol. The fourth-order valence-corrected chi connectivity index (χ4v) is 3.33. The normalized spacial score (nSPS) is 22.7. The Hall–Kier alpha value is -2.52. The van der Waals surface area contributed by atoms with Gasteiger partial charge in [-0.2, -0.15) is 0 Å². The van der Waals surface area contributed by atoms with Crippen LogP contribution in [0.3, 0.4) is 0 Å². The number of β-lactam (4-membered cyclic amide) rings is 1. The van der Waals surface area contributed by atoms with Gasteiger partial charge in [0.2, 0.25) is 0 Å². The molecule has 1 amide bonds. The first kappa shape index (κ1) is 15.0. The molecule has 2 atom stereocenters. The van der Waals surface area contributed by atoms with Crippen LogP contribution in [0.25, 0.3) is 0 Å². The van der Waals surface area contributed by atoms with Crippen LogP contribution in [-0.4, -0.2) is 18.1 Å². The van der Waals surface area contributed by atoms with E-state index in [1.165, 1.54) is 0 Å². The average Bonchev–Trinajstić information content (AvgIpc) is 3.13. The summed E-state index contributed by atoms with van der Waals surface area (Å²) in [5.74, 6) is 0.828. The third-order valence-electron chi connectivity index (χ3n) is 4.37. The first-order chi connectivity index (χ1) is 11.7. The Morgan fingerprint density at radius 3 is 2.25 bits per heavy atom. The lowest BCUT2D eigenvalue weighted by atomic mass is 9.85. The summed E-state index contributed by atoms with van der Waals surface area (Å²) in [7, 11) is 0. The lowest BCUT2D eigenvalue weighted by Crippen LogP contribution is -2.69. The largest absolute Gasteiger partial charge is 0.478 e. The van der Waals surface area contributed by atoms with E-state index in [2.05, 4.69) is 12.2 Å². The minimum absolute atomic E-state index is 0.0279. The zero-order valence-electron chi connectivity index (χ0n) is 12.9. The number of ether oxygens (including phenoxy) is 1. The van der Waals surface area contributed by atoms with E-state index in [9.17, 15) is 4.79 Å². The number of carbonyl (C=O) groups excluding carboxylic acids is 1. The van der Waals surface area contributed by atoms with Crippen molar-refractivity contribution in [2.24, 2.45) is 5.92 Å². The van der Waals surface area contributed by atoms with E-state index in [1.807, 2.05) is 54.6 Å². The molecule has 1 aliphatic carbocycles. The number of amides is 1. The number of halogens is 1. The summed E-state index contributed by atoms with van der Waals surface area (Å²) in [5.41, 5.74) is 0.844. The minimum atomic E-state index is -0.486. The highest BCUT2D eigenvalue weighted by molar-refractivity contribution is 6.30. The van der Waals surface area contributed by atoms with Gasteiger partial charge >= 0.3 is 0 Å². The van der Waals surface area contributed by atoms with Crippen LogP contribution < -0.4 is 9.64 Å². The Kier molecular flexibility index (Phi) is 3.87. The Labute approximate surface area is 145 Å². The fourth-order valence-electron chi connectivity index (χ4n) is 3.20. The first-order valence-electron chi connectivity index (χ1n) is 7.89. The second-order valence-electron chi connectivity index (χ2n) is 5.87. The second-order valence-corrected chi connectivity index (χ2v) is 6.31. The van der Waals surface area contributed by atoms with Gasteiger partial charge in [-0.15, -0.1) is 0 Å². The topological polar surface area (TPSA) is 29.5 Å². The molecular weight excluding hydrogens is 322 g/mol. The standard InChI is InChI=1S/C20H16ClNO2/c21-15-10-12-16(13-11-15)22-18(14-6-4-5-7-14)19(20(22)23)24-17-8-2-1-3-9-17/h1-14,18-19H. The zero-order valence-corrected chi connectivity index (χ0v) is 13.6. The lowest BCUT2D eigenvalue weighted by molar-refractivity contribution is -0.135. The molecule has 0 spiro atoms. The van der Waals surface area contributed by atoms with Crippen molar-refractivity contribution in [2.45, 2.75) is 12.1 Å². The van der Waals surface area contributed by atoms with Crippen molar-refractivity contribution < 1.29 is 9.53 Å². The lowest BCUT2D eigenvalue weighted by Gasteiger charge is -2.48. The summed E-state index contributed by atoms with van der Waals surface area (Å²) in [5, 5.41) is 0.654. The van der Waals surface area contributed by atoms with Crippen molar-refractivity contribution in [3.05, 3.63) is 83.9 Å². The summed E-state index contributed by atoms with van der Waals surface area (Å²) in [6.45, 7) is 0. The summed E-state index contributed by atoms with van der Waals surface area (Å²) in [4.78, 5) is 14.5. The molecule has 0 bridgehead atoms. The molecule has 2 unspecified atom stereocenters. The summed E-state index contributed by atoms with van der Waals surface area (Å²) < 4.78 is 5.98. The molecule has 0 radical (unpaired) electrons. The molecule has 0 saturated carbocycles. The van der Waals surface area contributed by atoms with Gasteiger partial charge in [-0.1, -0.05) is 54.1 Å². The van der Waals surface area contributed by atoms with E-state index in [-0.39, 0.29) is 17.9 Å². The van der Waals surface area contributed by atoms with Crippen molar-refractivity contribution in [2.75, 3.05) is 4.90 Å². The maximum absolute atomic E-state index is 12.7. The van der Waals surface area contributed by atoms with E-state index in [4.69, 9.17) is 16.3 Å². The number of rotatable bonds is 4. The van der Waals surface area contributed by atoms with E-state index in [1.54, 1.807) is 17.0 Å². The van der Waals surface area contributed by atoms with Gasteiger partial charge < -0.3 is 9.64 Å². The molecule has 4 rings (SSSR count). The van der Waals surface area contributed by atoms with Crippen molar-refractivity contribution in [1.29, 1.82) is 0 Å². The van der Waals surface area contributed by atoms with Gasteiger partial charge in [-0.3, -0.25) is 4.79 Å². The molecule has 0 N–H and O–H groups in total. The smallest absolute Gasteiger partial charge is 0.270 e. The van der Waals surface area contributed by atoms with Gasteiger partial charge in [-0.05, 0) is 36.4 Å². The Morgan fingerprint density at radius 1 is 0.917 bits per heavy atom. The highest BCUT2D eigenvalue weighted by atomic mass is 35.5. The van der Waals surface area contributed by atoms with Crippen LogP contribution in [-0.2, 0) is 4.79 Å². The maximum atomic E-state index is 12.7. The third-order valence-corrected chi connectivity index (χ3v) is 4.62. The predicted molar refractivity (Wildman–Crippen MR) is 95.4 cm³/mol. The first-order valence-corrected chi connectivity index (χ1v) is 8.27. The molecule has 1 saturated heterocycles. The monoisotopic (exact) mass is 337 g/mol. The highest BCUT2D eigenvalue weighted by Gasteiger charge is 2.52. The van der Waals surface area contributed by atoms with Gasteiger partial charge in [0.25, 0.3) is 5.91 Å². The SMILES string of the molecule is O=C1C(Oc2ccccc2)C(C2C=CC=C2)N1c1ccc(Cl)cc1. The van der Waals surface area contributed by atoms with Crippen LogP contribution in [0.15, 0.2) is 78.9 Å². The van der Waals surface area contributed by atoms with Crippen LogP contribution in [0.1, 0.15) is 0 Å². The molecule has 2 aromatic carbocycles. The Bertz CT molecular complexity index is 786. The highest BCUT2D eigenvalue weighted by Crippen LogP contribution is 2.37. The number of nitrogens with zero attached hydrogens (tertiary/aromatic N) is 1. The number of para-hydroxylation sites is 1. The molecule has 0 aromatic heterocycles. The van der Waals surface area contributed by atoms with Crippen LogP contribution in [0.4, 0.5) is 5.69 Å². The van der Waals surface area contributed by atoms with Crippen LogP contribution in [0.5, 0.6) is 5.75 Å².